The molecule has 2 atom stereocenters. The monoisotopic (exact) mass is 369 g/mol. The number of ether oxygens (including phenoxy) is 1. The Hall–Kier alpha value is -1.72. The van der Waals surface area contributed by atoms with Crippen molar-refractivity contribution in [3.63, 3.8) is 0 Å². The summed E-state index contributed by atoms with van der Waals surface area (Å²) in [6, 6.07) is 9.10. The largest absolute Gasteiger partial charge is 0.459 e. The number of hydrogen-bond acceptors (Lipinski definition) is 4. The molecule has 1 saturated carbocycles. The van der Waals surface area contributed by atoms with Crippen LogP contribution in [0.5, 0.6) is 0 Å². The van der Waals surface area contributed by atoms with Gasteiger partial charge < -0.3 is 14.5 Å². The van der Waals surface area contributed by atoms with Crippen molar-refractivity contribution < 1.29 is 18.7 Å². The van der Waals surface area contributed by atoms with E-state index < -0.39 is 21.6 Å². The number of carbonyl (C=O) groups is 2. The summed E-state index contributed by atoms with van der Waals surface area (Å²) in [4.78, 5) is 23.9. The molecule has 1 fully saturated rings. The molecule has 1 aromatic heterocycles. The zero-order valence-electron chi connectivity index (χ0n) is 13.3. The topological polar surface area (TPSA) is 68.5 Å². The number of esters is 1. The van der Waals surface area contributed by atoms with Crippen molar-refractivity contribution in [3.05, 3.63) is 36.1 Å². The van der Waals surface area contributed by atoms with E-state index >= 15 is 0 Å². The fourth-order valence-corrected chi connectivity index (χ4v) is 3.17. The number of alkyl halides is 2. The molecule has 24 heavy (non-hydrogen) atoms. The number of amides is 1. The molecule has 5 nitrogen and oxygen atoms in total. The van der Waals surface area contributed by atoms with Crippen molar-refractivity contribution in [3.8, 4) is 0 Å². The molecule has 1 N–H and O–H groups in total. The minimum Gasteiger partial charge on any atom is -0.459 e. The molecule has 1 heterocycles. The molecule has 3 rings (SSSR count). The molecule has 2 aromatic rings. The maximum Gasteiger partial charge on any atom is 0.315 e. The summed E-state index contributed by atoms with van der Waals surface area (Å²) >= 11 is 11.8. The van der Waals surface area contributed by atoms with Crippen molar-refractivity contribution in [2.24, 2.45) is 5.41 Å². The number of fused-ring (bicyclic) bond motifs is 1. The Bertz CT molecular complexity index is 768. The van der Waals surface area contributed by atoms with Crippen LogP contribution in [0.4, 0.5) is 0 Å². The van der Waals surface area contributed by atoms with E-state index in [4.69, 9.17) is 32.4 Å². The number of furan rings is 1. The summed E-state index contributed by atoms with van der Waals surface area (Å²) in [5.41, 5.74) is -0.192. The predicted molar refractivity (Wildman–Crippen MR) is 90.9 cm³/mol. The number of halogens is 2. The Labute approximate surface area is 149 Å². The molecule has 0 spiro atoms. The highest BCUT2D eigenvalue weighted by atomic mass is 35.5. The van der Waals surface area contributed by atoms with Crippen LogP contribution in [0.15, 0.2) is 34.7 Å². The lowest BCUT2D eigenvalue weighted by atomic mass is 10.1. The highest BCUT2D eigenvalue weighted by Crippen LogP contribution is 2.64. The summed E-state index contributed by atoms with van der Waals surface area (Å²) < 4.78 is 9.59. The Balaban J connectivity index is 1.54. The summed E-state index contributed by atoms with van der Waals surface area (Å²) in [5, 5.41) is 3.69. The summed E-state index contributed by atoms with van der Waals surface area (Å²) in [6.45, 7) is 3.02. The third kappa shape index (κ3) is 3.10. The number of carbonyl (C=O) groups excluding carboxylic acids is 2. The molecule has 7 heteroatoms. The second-order valence-electron chi connectivity index (χ2n) is 6.27. The van der Waals surface area contributed by atoms with Crippen LogP contribution in [-0.2, 0) is 14.3 Å². The average molecular weight is 370 g/mol. The van der Waals surface area contributed by atoms with Crippen LogP contribution in [0.3, 0.4) is 0 Å². The van der Waals surface area contributed by atoms with Crippen LogP contribution in [0.1, 0.15) is 32.1 Å². The van der Waals surface area contributed by atoms with Crippen LogP contribution in [0.2, 0.25) is 0 Å². The SMILES string of the molecule is C[C@@H](NC(=O)COC(=O)[C@@]1(C)CC1(Cl)Cl)c1cc2ccccc2o1. The highest BCUT2D eigenvalue weighted by Gasteiger charge is 2.69. The van der Waals surface area contributed by atoms with Gasteiger partial charge in [0.1, 0.15) is 21.1 Å². The van der Waals surface area contributed by atoms with Crippen LogP contribution in [0.25, 0.3) is 11.0 Å². The van der Waals surface area contributed by atoms with Crippen molar-refractivity contribution in [2.45, 2.75) is 30.6 Å². The lowest BCUT2D eigenvalue weighted by Crippen LogP contribution is -2.32. The molecule has 1 aliphatic rings. The van der Waals surface area contributed by atoms with Gasteiger partial charge in [0, 0.05) is 11.8 Å². The first-order chi connectivity index (χ1) is 11.2. The Morgan fingerprint density at radius 2 is 2.04 bits per heavy atom. The van der Waals surface area contributed by atoms with Gasteiger partial charge in [-0.25, -0.2) is 0 Å². The molecule has 0 bridgehead atoms. The van der Waals surface area contributed by atoms with E-state index in [1.54, 1.807) is 13.8 Å². The summed E-state index contributed by atoms with van der Waals surface area (Å²) in [7, 11) is 0. The molecule has 0 saturated heterocycles. The van der Waals surface area contributed by atoms with E-state index in [-0.39, 0.29) is 12.6 Å². The lowest BCUT2D eigenvalue weighted by molar-refractivity contribution is -0.153. The van der Waals surface area contributed by atoms with Crippen molar-refractivity contribution in [2.75, 3.05) is 6.61 Å². The minimum absolute atomic E-state index is 0.318. The molecule has 128 valence electrons. The molecule has 1 amide bonds. The molecule has 0 unspecified atom stereocenters. The van der Waals surface area contributed by atoms with E-state index in [2.05, 4.69) is 5.32 Å². The van der Waals surface area contributed by atoms with E-state index in [0.717, 1.165) is 11.0 Å². The van der Waals surface area contributed by atoms with Crippen molar-refractivity contribution in [1.82, 2.24) is 5.32 Å². The zero-order chi connectivity index (χ0) is 17.5. The predicted octanol–water partition coefficient (Wildman–Crippen LogP) is 3.74. The Morgan fingerprint density at radius 3 is 2.67 bits per heavy atom. The van der Waals surface area contributed by atoms with Gasteiger partial charge in [0.15, 0.2) is 6.61 Å². The van der Waals surface area contributed by atoms with Gasteiger partial charge in [-0.15, -0.1) is 23.2 Å². The minimum atomic E-state index is -1.11. The molecule has 1 aliphatic carbocycles. The lowest BCUT2D eigenvalue weighted by Gasteiger charge is -2.14. The third-order valence-electron chi connectivity index (χ3n) is 4.29. The molecular weight excluding hydrogens is 353 g/mol. The second-order valence-corrected chi connectivity index (χ2v) is 7.75. The third-order valence-corrected chi connectivity index (χ3v) is 5.39. The number of para-hydroxylation sites is 1. The standard InChI is InChI=1S/C17H17Cl2NO4/c1-10(13-7-11-5-3-4-6-12(11)24-13)20-14(21)8-23-15(22)16(2)9-17(16,18)19/h3-7,10H,8-9H2,1-2H3,(H,20,21)/t10-,16-/m1/s1. The van der Waals surface area contributed by atoms with Crippen LogP contribution >= 0.6 is 23.2 Å². The van der Waals surface area contributed by atoms with Gasteiger partial charge in [-0.3, -0.25) is 9.59 Å². The van der Waals surface area contributed by atoms with Gasteiger partial charge in [0.05, 0.1) is 6.04 Å². The quantitative estimate of drug-likeness (QED) is 0.643. The molecule has 1 aromatic carbocycles. The normalized spacial score (nSPS) is 22.8. The van der Waals surface area contributed by atoms with Crippen LogP contribution in [-0.4, -0.2) is 22.8 Å². The summed E-state index contributed by atoms with van der Waals surface area (Å²) in [6.07, 6.45) is 0.318. The highest BCUT2D eigenvalue weighted by molar-refractivity contribution is 6.53. The Kier molecular flexibility index (Phi) is 4.26. The fraction of sp³-hybridized carbons (Fsp3) is 0.412. The van der Waals surface area contributed by atoms with Gasteiger partial charge in [-0.05, 0) is 26.0 Å². The van der Waals surface area contributed by atoms with Gasteiger partial charge in [0.2, 0.25) is 0 Å². The van der Waals surface area contributed by atoms with Crippen molar-refractivity contribution in [1.29, 1.82) is 0 Å². The maximum absolute atomic E-state index is 12.0. The van der Waals surface area contributed by atoms with Gasteiger partial charge in [-0.1, -0.05) is 18.2 Å². The van der Waals surface area contributed by atoms with E-state index in [0.29, 0.717) is 12.2 Å². The van der Waals surface area contributed by atoms with Crippen molar-refractivity contribution >= 4 is 46.0 Å². The molecular formula is C17H17Cl2NO4. The van der Waals surface area contributed by atoms with Gasteiger partial charge in [0.25, 0.3) is 5.91 Å². The van der Waals surface area contributed by atoms with Crippen LogP contribution in [0, 0.1) is 5.41 Å². The number of rotatable bonds is 5. The average Bonchev–Trinajstić information content (AvgIpc) is 2.87. The zero-order valence-corrected chi connectivity index (χ0v) is 14.8. The van der Waals surface area contributed by atoms with Crippen LogP contribution < -0.4 is 5.32 Å². The number of nitrogens with one attached hydrogen (secondary N) is 1. The van der Waals surface area contributed by atoms with Gasteiger partial charge in [-0.2, -0.15) is 0 Å². The molecule has 0 radical (unpaired) electrons. The summed E-state index contributed by atoms with van der Waals surface area (Å²) in [5.74, 6) is -0.361. The Morgan fingerprint density at radius 1 is 1.38 bits per heavy atom. The fourth-order valence-electron chi connectivity index (χ4n) is 2.48. The van der Waals surface area contributed by atoms with E-state index in [1.807, 2.05) is 30.3 Å². The first-order valence-corrected chi connectivity index (χ1v) is 8.31. The first-order valence-electron chi connectivity index (χ1n) is 7.56. The van der Waals surface area contributed by atoms with Gasteiger partial charge >= 0.3 is 5.97 Å². The smallest absolute Gasteiger partial charge is 0.315 e. The molecule has 0 aliphatic heterocycles. The number of benzene rings is 1. The van der Waals surface area contributed by atoms with E-state index in [1.165, 1.54) is 0 Å². The second kappa shape index (κ2) is 5.97. The van der Waals surface area contributed by atoms with E-state index in [9.17, 15) is 9.59 Å². The maximum atomic E-state index is 12.0. The number of hydrogen-bond donors (Lipinski definition) is 1. The first kappa shape index (κ1) is 17.1.